The maximum atomic E-state index is 12.6. The molecule has 0 atom stereocenters. The van der Waals surface area contributed by atoms with Crippen molar-refractivity contribution in [3.63, 3.8) is 0 Å². The highest BCUT2D eigenvalue weighted by Crippen LogP contribution is 2.20. The summed E-state index contributed by atoms with van der Waals surface area (Å²) in [7, 11) is 1.85. The number of anilines is 2. The Morgan fingerprint density at radius 2 is 1.81 bits per heavy atom. The van der Waals surface area contributed by atoms with Crippen molar-refractivity contribution in [2.45, 2.75) is 20.4 Å². The predicted octanol–water partition coefficient (Wildman–Crippen LogP) is 3.08. The van der Waals surface area contributed by atoms with Crippen LogP contribution in [-0.4, -0.2) is 27.2 Å². The molecular weight excluding hydrogens is 326 g/mol. The Bertz CT molecular complexity index is 868. The molecule has 3 aromatic rings. The van der Waals surface area contributed by atoms with Crippen LogP contribution in [0.3, 0.4) is 0 Å². The number of carbonyl (C=O) groups is 1. The first kappa shape index (κ1) is 17.7. The van der Waals surface area contributed by atoms with Gasteiger partial charge in [-0.2, -0.15) is 5.10 Å². The predicted molar refractivity (Wildman–Crippen MR) is 103 cm³/mol. The first-order valence-corrected chi connectivity index (χ1v) is 8.52. The molecule has 3 rings (SSSR count). The Kier molecular flexibility index (Phi) is 5.31. The number of aryl methyl sites for hydroxylation is 3. The van der Waals surface area contributed by atoms with Crippen LogP contribution in [0.1, 0.15) is 17.0 Å². The Hall–Kier alpha value is -3.15. The Balaban J connectivity index is 1.82. The third kappa shape index (κ3) is 4.47. The zero-order valence-corrected chi connectivity index (χ0v) is 15.3. The van der Waals surface area contributed by atoms with Gasteiger partial charge in [-0.3, -0.25) is 9.48 Å². The van der Waals surface area contributed by atoms with Gasteiger partial charge in [0.25, 0.3) is 0 Å². The van der Waals surface area contributed by atoms with Gasteiger partial charge in [0.15, 0.2) is 0 Å². The second kappa shape index (κ2) is 7.82. The van der Waals surface area contributed by atoms with Gasteiger partial charge in [-0.05, 0) is 49.2 Å². The average molecular weight is 349 g/mol. The van der Waals surface area contributed by atoms with Crippen molar-refractivity contribution in [2.24, 2.45) is 7.05 Å². The summed E-state index contributed by atoms with van der Waals surface area (Å²) < 4.78 is 1.73. The number of para-hydroxylation sites is 1. The molecule has 1 amide bonds. The second-order valence-electron chi connectivity index (χ2n) is 6.42. The smallest absolute Gasteiger partial charge is 0.243 e. The fourth-order valence-corrected chi connectivity index (χ4v) is 2.90. The van der Waals surface area contributed by atoms with Gasteiger partial charge in [0.05, 0.1) is 13.1 Å². The van der Waals surface area contributed by atoms with Crippen molar-refractivity contribution in [2.75, 3.05) is 16.8 Å². The van der Waals surface area contributed by atoms with Gasteiger partial charge >= 0.3 is 0 Å². The molecule has 1 N–H and O–H groups in total. The van der Waals surface area contributed by atoms with Crippen molar-refractivity contribution < 1.29 is 4.79 Å². The monoisotopic (exact) mass is 349 g/mol. The van der Waals surface area contributed by atoms with E-state index in [9.17, 15) is 4.79 Å². The molecule has 0 aliphatic rings. The van der Waals surface area contributed by atoms with Gasteiger partial charge in [-0.25, -0.2) is 4.98 Å². The van der Waals surface area contributed by atoms with Crippen molar-refractivity contribution in [1.82, 2.24) is 14.8 Å². The van der Waals surface area contributed by atoms with E-state index in [1.54, 1.807) is 4.68 Å². The lowest BCUT2D eigenvalue weighted by Crippen LogP contribution is -2.33. The van der Waals surface area contributed by atoms with Gasteiger partial charge in [-0.15, -0.1) is 0 Å². The zero-order chi connectivity index (χ0) is 18.5. The molecule has 6 heteroatoms. The minimum absolute atomic E-state index is 0.0717. The van der Waals surface area contributed by atoms with E-state index in [-0.39, 0.29) is 12.5 Å². The van der Waals surface area contributed by atoms with Crippen molar-refractivity contribution in [3.05, 3.63) is 71.8 Å². The summed E-state index contributed by atoms with van der Waals surface area (Å²) in [5.74, 6) is 0.731. The van der Waals surface area contributed by atoms with E-state index in [0.717, 1.165) is 28.3 Å². The Morgan fingerprint density at radius 1 is 1.12 bits per heavy atom. The summed E-state index contributed by atoms with van der Waals surface area (Å²) in [6.07, 6.45) is 1.53. The third-order valence-corrected chi connectivity index (χ3v) is 4.10. The normalized spacial score (nSPS) is 10.6. The molecule has 0 saturated heterocycles. The van der Waals surface area contributed by atoms with Crippen LogP contribution >= 0.6 is 0 Å². The van der Waals surface area contributed by atoms with E-state index in [4.69, 9.17) is 0 Å². The van der Waals surface area contributed by atoms with Crippen LogP contribution < -0.4 is 10.2 Å². The lowest BCUT2D eigenvalue weighted by Gasteiger charge is -2.24. The molecule has 0 radical (unpaired) electrons. The van der Waals surface area contributed by atoms with Gasteiger partial charge in [0.2, 0.25) is 5.91 Å². The molecule has 0 aliphatic carbocycles. The summed E-state index contributed by atoms with van der Waals surface area (Å²) in [6.45, 7) is 4.84. The summed E-state index contributed by atoms with van der Waals surface area (Å²) >= 11 is 0. The van der Waals surface area contributed by atoms with Crippen LogP contribution in [0.4, 0.5) is 11.4 Å². The molecule has 0 spiro atoms. The number of rotatable bonds is 6. The molecule has 0 fully saturated rings. The summed E-state index contributed by atoms with van der Waals surface area (Å²) in [5.41, 5.74) is 4.10. The van der Waals surface area contributed by atoms with Crippen LogP contribution in [0.25, 0.3) is 0 Å². The van der Waals surface area contributed by atoms with E-state index in [1.807, 2.05) is 42.3 Å². The number of benzene rings is 2. The number of aromatic nitrogens is 3. The molecule has 26 heavy (non-hydrogen) atoms. The number of amides is 1. The van der Waals surface area contributed by atoms with Gasteiger partial charge in [-0.1, -0.05) is 24.3 Å². The first-order valence-electron chi connectivity index (χ1n) is 8.52. The van der Waals surface area contributed by atoms with Crippen LogP contribution in [0.2, 0.25) is 0 Å². The standard InChI is InChI=1S/C20H23N5O/c1-15-9-16(2)11-18(10-15)25(12-19-21-14-22-24(19)3)13-20(26)23-17-7-5-4-6-8-17/h4-11,14H,12-13H2,1-3H3,(H,23,26). The van der Waals surface area contributed by atoms with E-state index in [2.05, 4.69) is 47.4 Å². The van der Waals surface area contributed by atoms with Crippen molar-refractivity contribution in [3.8, 4) is 0 Å². The molecule has 134 valence electrons. The molecule has 6 nitrogen and oxygen atoms in total. The molecule has 1 aromatic heterocycles. The average Bonchev–Trinajstić information content (AvgIpc) is 2.99. The van der Waals surface area contributed by atoms with Gasteiger partial charge in [0, 0.05) is 18.4 Å². The van der Waals surface area contributed by atoms with Crippen LogP contribution in [0.15, 0.2) is 54.9 Å². The number of carbonyl (C=O) groups excluding carboxylic acids is 1. The second-order valence-corrected chi connectivity index (χ2v) is 6.42. The van der Waals surface area contributed by atoms with Crippen LogP contribution in [-0.2, 0) is 18.4 Å². The maximum absolute atomic E-state index is 12.6. The lowest BCUT2D eigenvalue weighted by molar-refractivity contribution is -0.115. The Labute approximate surface area is 153 Å². The van der Waals surface area contributed by atoms with E-state index in [0.29, 0.717) is 6.54 Å². The lowest BCUT2D eigenvalue weighted by atomic mass is 10.1. The quantitative estimate of drug-likeness (QED) is 0.743. The van der Waals surface area contributed by atoms with E-state index < -0.39 is 0 Å². The van der Waals surface area contributed by atoms with Gasteiger partial charge < -0.3 is 10.2 Å². The molecule has 1 heterocycles. The summed E-state index contributed by atoms with van der Waals surface area (Å²) in [5, 5.41) is 7.07. The first-order chi connectivity index (χ1) is 12.5. The SMILES string of the molecule is Cc1cc(C)cc(N(CC(=O)Nc2ccccc2)Cc2ncnn2C)c1. The highest BCUT2D eigenvalue weighted by atomic mass is 16.2. The summed E-state index contributed by atoms with van der Waals surface area (Å²) in [6, 6.07) is 15.8. The van der Waals surface area contributed by atoms with E-state index in [1.165, 1.54) is 6.33 Å². The zero-order valence-electron chi connectivity index (χ0n) is 15.3. The van der Waals surface area contributed by atoms with Crippen LogP contribution in [0.5, 0.6) is 0 Å². The van der Waals surface area contributed by atoms with Crippen molar-refractivity contribution in [1.29, 1.82) is 0 Å². The van der Waals surface area contributed by atoms with Gasteiger partial charge in [0.1, 0.15) is 12.2 Å². The third-order valence-electron chi connectivity index (χ3n) is 4.10. The van der Waals surface area contributed by atoms with E-state index >= 15 is 0 Å². The number of nitrogens with one attached hydrogen (secondary N) is 1. The molecule has 0 bridgehead atoms. The molecule has 0 saturated carbocycles. The topological polar surface area (TPSA) is 63.1 Å². The fourth-order valence-electron chi connectivity index (χ4n) is 2.90. The van der Waals surface area contributed by atoms with Crippen molar-refractivity contribution >= 4 is 17.3 Å². The highest BCUT2D eigenvalue weighted by Gasteiger charge is 2.16. The molecular formula is C20H23N5O. The molecule has 0 unspecified atom stereocenters. The minimum Gasteiger partial charge on any atom is -0.355 e. The Morgan fingerprint density at radius 3 is 2.42 bits per heavy atom. The fraction of sp³-hybridized carbons (Fsp3) is 0.250. The highest BCUT2D eigenvalue weighted by molar-refractivity contribution is 5.94. The molecule has 2 aromatic carbocycles. The number of hydrogen-bond donors (Lipinski definition) is 1. The maximum Gasteiger partial charge on any atom is 0.243 e. The van der Waals surface area contributed by atoms with Crippen LogP contribution in [0, 0.1) is 13.8 Å². The summed E-state index contributed by atoms with van der Waals surface area (Å²) in [4.78, 5) is 18.9. The minimum atomic E-state index is -0.0717. The number of nitrogens with zero attached hydrogens (tertiary/aromatic N) is 4. The largest absolute Gasteiger partial charge is 0.355 e. The number of hydrogen-bond acceptors (Lipinski definition) is 4. The molecule has 0 aliphatic heterocycles.